The maximum Gasteiger partial charge on any atom is 0.383 e. The molecule has 2 rings (SSSR count). The summed E-state index contributed by atoms with van der Waals surface area (Å²) >= 11 is 0. The summed E-state index contributed by atoms with van der Waals surface area (Å²) in [6.07, 6.45) is 5.63. The van der Waals surface area contributed by atoms with Gasteiger partial charge >= 0.3 is 11.6 Å². The van der Waals surface area contributed by atoms with Crippen LogP contribution in [-0.4, -0.2) is 18.2 Å². The fraction of sp³-hybridized carbons (Fsp3) is 0.429. The molecule has 0 N–H and O–H groups in total. The molecule has 0 unspecified atom stereocenters. The lowest BCUT2D eigenvalue weighted by molar-refractivity contribution is -0.132. The summed E-state index contributed by atoms with van der Waals surface area (Å²) in [5, 5.41) is 0.534. The fourth-order valence-corrected chi connectivity index (χ4v) is 2.44. The van der Waals surface area contributed by atoms with Crippen molar-refractivity contribution in [3.63, 3.8) is 0 Å². The molecule has 2 aromatic rings. The van der Waals surface area contributed by atoms with Crippen molar-refractivity contribution in [2.24, 2.45) is 0 Å². The van der Waals surface area contributed by atoms with Crippen molar-refractivity contribution in [1.29, 1.82) is 0 Å². The summed E-state index contributed by atoms with van der Waals surface area (Å²) in [5.41, 5.74) is -0.863. The first-order valence-electron chi connectivity index (χ1n) is 8.97. The number of hydrogen-bond acceptors (Lipinski definition) is 6. The van der Waals surface area contributed by atoms with E-state index in [1.165, 1.54) is 6.92 Å². The molecule has 146 valence electrons. The average Bonchev–Trinajstić information content (AvgIpc) is 2.55. The highest BCUT2D eigenvalue weighted by atomic mass is 16.6. The molecular weight excluding hydrogens is 348 g/mol. The molecule has 0 saturated carbocycles. The van der Waals surface area contributed by atoms with Gasteiger partial charge < -0.3 is 18.6 Å². The van der Waals surface area contributed by atoms with E-state index in [9.17, 15) is 9.59 Å². The van der Waals surface area contributed by atoms with E-state index in [-0.39, 0.29) is 11.5 Å². The molecule has 0 saturated heterocycles. The zero-order valence-electron chi connectivity index (χ0n) is 16.5. The van der Waals surface area contributed by atoms with Crippen LogP contribution in [0, 0.1) is 0 Å². The van der Waals surface area contributed by atoms with Gasteiger partial charge in [-0.1, -0.05) is 19.1 Å². The lowest BCUT2D eigenvalue weighted by Crippen LogP contribution is -2.22. The van der Waals surface area contributed by atoms with Gasteiger partial charge in [0.25, 0.3) is 5.75 Å². The lowest BCUT2D eigenvalue weighted by atomic mass is 10.1. The quantitative estimate of drug-likeness (QED) is 0.304. The van der Waals surface area contributed by atoms with Crippen molar-refractivity contribution in [3.05, 3.63) is 40.8 Å². The van der Waals surface area contributed by atoms with E-state index in [1.807, 2.05) is 39.8 Å². The van der Waals surface area contributed by atoms with Crippen LogP contribution in [0.5, 0.6) is 17.2 Å². The van der Waals surface area contributed by atoms with E-state index in [0.717, 1.165) is 6.42 Å². The topological polar surface area (TPSA) is 75.0 Å². The number of hydrogen-bond donors (Lipinski definition) is 0. The maximum absolute atomic E-state index is 12.3. The van der Waals surface area contributed by atoms with Gasteiger partial charge in [-0.25, -0.2) is 4.79 Å². The van der Waals surface area contributed by atoms with E-state index >= 15 is 0 Å². The Balaban J connectivity index is 2.46. The van der Waals surface area contributed by atoms with Crippen LogP contribution in [-0.2, 0) is 4.79 Å². The lowest BCUT2D eigenvalue weighted by Gasteiger charge is -2.21. The molecule has 0 aliphatic heterocycles. The standard InChI is InChI=1S/C21H26O6/c1-6-7-8-9-12-24-18-16-11-10-15(27-21(3,4)5)13-17(16)26-20(23)19(18)25-14(2)22/h7-8,10-11,13H,6,9,12H2,1-5H3. The molecule has 0 radical (unpaired) electrons. The van der Waals surface area contributed by atoms with Crippen molar-refractivity contribution in [2.75, 3.05) is 6.61 Å². The predicted octanol–water partition coefficient (Wildman–Crippen LogP) is 4.63. The normalized spacial score (nSPS) is 11.7. The van der Waals surface area contributed by atoms with Crippen molar-refractivity contribution in [1.82, 2.24) is 0 Å². The van der Waals surface area contributed by atoms with Crippen LogP contribution in [0.4, 0.5) is 0 Å². The second-order valence-electron chi connectivity index (χ2n) is 7.03. The molecule has 0 aliphatic rings. The molecule has 0 bridgehead atoms. The minimum atomic E-state index is -0.773. The van der Waals surface area contributed by atoms with E-state index in [4.69, 9.17) is 18.6 Å². The highest BCUT2D eigenvalue weighted by molar-refractivity contribution is 5.87. The summed E-state index contributed by atoms with van der Waals surface area (Å²) < 4.78 is 22.0. The number of fused-ring (bicyclic) bond motifs is 1. The summed E-state index contributed by atoms with van der Waals surface area (Å²) in [6.45, 7) is 9.38. The molecule has 27 heavy (non-hydrogen) atoms. The van der Waals surface area contributed by atoms with Gasteiger partial charge in [-0.3, -0.25) is 4.79 Å². The number of esters is 1. The van der Waals surface area contributed by atoms with Gasteiger partial charge in [0.1, 0.15) is 16.9 Å². The first-order chi connectivity index (χ1) is 12.7. The number of carbonyl (C=O) groups is 1. The highest BCUT2D eigenvalue weighted by Crippen LogP contribution is 2.35. The van der Waals surface area contributed by atoms with Crippen LogP contribution in [0.25, 0.3) is 11.0 Å². The summed E-state index contributed by atoms with van der Waals surface area (Å²) in [6, 6.07) is 5.11. The predicted molar refractivity (Wildman–Crippen MR) is 104 cm³/mol. The van der Waals surface area contributed by atoms with Crippen LogP contribution in [0.2, 0.25) is 0 Å². The van der Waals surface area contributed by atoms with Crippen molar-refractivity contribution in [2.45, 2.75) is 53.1 Å². The molecule has 0 atom stereocenters. The number of ether oxygens (including phenoxy) is 3. The zero-order valence-corrected chi connectivity index (χ0v) is 16.5. The Bertz CT molecular complexity index is 886. The molecule has 6 nitrogen and oxygen atoms in total. The van der Waals surface area contributed by atoms with Crippen LogP contribution in [0.1, 0.15) is 47.5 Å². The smallest absolute Gasteiger partial charge is 0.383 e. The third kappa shape index (κ3) is 5.88. The number of carbonyl (C=O) groups excluding carboxylic acids is 1. The molecule has 6 heteroatoms. The van der Waals surface area contributed by atoms with E-state index in [2.05, 4.69) is 0 Å². The fourth-order valence-electron chi connectivity index (χ4n) is 2.44. The van der Waals surface area contributed by atoms with Gasteiger partial charge in [-0.05, 0) is 45.7 Å². The monoisotopic (exact) mass is 374 g/mol. The molecule has 0 fully saturated rings. The molecule has 1 aromatic carbocycles. The van der Waals surface area contributed by atoms with Crippen LogP contribution >= 0.6 is 0 Å². The van der Waals surface area contributed by atoms with Crippen molar-refractivity contribution in [3.8, 4) is 17.2 Å². The van der Waals surface area contributed by atoms with Crippen LogP contribution in [0.3, 0.4) is 0 Å². The highest BCUT2D eigenvalue weighted by Gasteiger charge is 2.21. The Morgan fingerprint density at radius 1 is 1.19 bits per heavy atom. The Hall–Kier alpha value is -2.76. The molecule has 0 aliphatic carbocycles. The minimum Gasteiger partial charge on any atom is -0.488 e. The summed E-state index contributed by atoms with van der Waals surface area (Å²) in [4.78, 5) is 23.7. The second-order valence-corrected chi connectivity index (χ2v) is 7.03. The van der Waals surface area contributed by atoms with Gasteiger partial charge in [0.2, 0.25) is 0 Å². The maximum atomic E-state index is 12.3. The van der Waals surface area contributed by atoms with Gasteiger partial charge in [0.05, 0.1) is 12.0 Å². The second kappa shape index (κ2) is 8.75. The number of rotatable bonds is 7. The largest absolute Gasteiger partial charge is 0.488 e. The Morgan fingerprint density at radius 3 is 2.56 bits per heavy atom. The zero-order chi connectivity index (χ0) is 20.0. The molecule has 1 heterocycles. The molecule has 1 aromatic heterocycles. The minimum absolute atomic E-state index is 0.198. The van der Waals surface area contributed by atoms with Crippen molar-refractivity contribution >= 4 is 16.9 Å². The van der Waals surface area contributed by atoms with Gasteiger partial charge in [-0.15, -0.1) is 0 Å². The summed E-state index contributed by atoms with van der Waals surface area (Å²) in [5.74, 6) is -0.0945. The van der Waals surface area contributed by atoms with Gasteiger partial charge in [0.15, 0.2) is 5.75 Å². The SMILES string of the molecule is CCC=CCCOc1c(OC(C)=O)c(=O)oc2cc(OC(C)(C)C)ccc12. The van der Waals surface area contributed by atoms with E-state index in [1.54, 1.807) is 18.2 Å². The first-order valence-corrected chi connectivity index (χ1v) is 8.97. The first kappa shape index (κ1) is 20.6. The number of benzene rings is 1. The Labute approximate surface area is 158 Å². The van der Waals surface area contributed by atoms with E-state index < -0.39 is 17.2 Å². The molecular formula is C21H26O6. The van der Waals surface area contributed by atoms with Gasteiger partial charge in [0, 0.05) is 13.0 Å². The average molecular weight is 374 g/mol. The number of allylic oxidation sites excluding steroid dienone is 1. The van der Waals surface area contributed by atoms with Crippen molar-refractivity contribution < 1.29 is 23.4 Å². The Kier molecular flexibility index (Phi) is 6.66. The molecule has 0 amide bonds. The summed E-state index contributed by atoms with van der Waals surface area (Å²) in [7, 11) is 0. The third-order valence-electron chi connectivity index (χ3n) is 3.40. The third-order valence-corrected chi connectivity index (χ3v) is 3.40. The van der Waals surface area contributed by atoms with E-state index in [0.29, 0.717) is 29.7 Å². The molecule has 0 spiro atoms. The van der Waals surface area contributed by atoms with Crippen LogP contribution in [0.15, 0.2) is 39.6 Å². The van der Waals surface area contributed by atoms with Crippen LogP contribution < -0.4 is 19.8 Å². The van der Waals surface area contributed by atoms with Gasteiger partial charge in [-0.2, -0.15) is 0 Å². The Morgan fingerprint density at radius 2 is 1.93 bits per heavy atom.